The van der Waals surface area contributed by atoms with Crippen LogP contribution in [0.1, 0.15) is 19.7 Å². The number of rotatable bonds is 4. The zero-order valence-electron chi connectivity index (χ0n) is 14.2. The first-order valence-corrected chi connectivity index (χ1v) is 7.87. The Morgan fingerprint density at radius 3 is 2.71 bits per heavy atom. The molecule has 0 aliphatic carbocycles. The molecule has 2 heterocycles. The van der Waals surface area contributed by atoms with Crippen molar-refractivity contribution in [2.75, 3.05) is 12.3 Å². The van der Waals surface area contributed by atoms with Gasteiger partial charge in [-0.25, -0.2) is 9.97 Å². The molecule has 3 rings (SSSR count). The van der Waals surface area contributed by atoms with Crippen LogP contribution in [0.15, 0.2) is 24.3 Å². The Kier molecular flexibility index (Phi) is 3.79. The fraction of sp³-hybridized carbons (Fsp3) is 0.353. The van der Waals surface area contributed by atoms with Gasteiger partial charge in [0, 0.05) is 23.9 Å². The zero-order valence-corrected chi connectivity index (χ0v) is 14.2. The second-order valence-corrected chi connectivity index (χ2v) is 6.89. The van der Waals surface area contributed by atoms with E-state index in [0.29, 0.717) is 12.4 Å². The predicted molar refractivity (Wildman–Crippen MR) is 97.9 cm³/mol. The van der Waals surface area contributed by atoms with Gasteiger partial charge in [-0.2, -0.15) is 0 Å². The van der Waals surface area contributed by atoms with Crippen LogP contribution >= 0.6 is 0 Å². The van der Waals surface area contributed by atoms with Crippen LogP contribution in [-0.2, 0) is 6.54 Å². The van der Waals surface area contributed by atoms with Crippen LogP contribution in [0.25, 0.3) is 21.9 Å². The van der Waals surface area contributed by atoms with Gasteiger partial charge >= 0.3 is 0 Å². The minimum Gasteiger partial charge on any atom is -0.382 e. The molecule has 0 amide bonds. The summed E-state index contributed by atoms with van der Waals surface area (Å²) in [5.41, 5.74) is 14.0. The van der Waals surface area contributed by atoms with E-state index in [1.54, 1.807) is 0 Å². The van der Waals surface area contributed by atoms with E-state index < -0.39 is 0 Å². The molecule has 0 aliphatic rings. The van der Waals surface area contributed by atoms with E-state index in [-0.39, 0.29) is 11.4 Å². The number of hydrogen-bond acceptors (Lipinski definition) is 4. The number of nitrogen functional groups attached to an aromatic ring is 1. The van der Waals surface area contributed by atoms with Crippen molar-refractivity contribution in [3.05, 3.63) is 30.1 Å². The van der Waals surface area contributed by atoms with E-state index in [1.165, 1.54) is 0 Å². The molecular formula is C17H23N7. The lowest BCUT2D eigenvalue weighted by Gasteiger charge is -2.26. The van der Waals surface area contributed by atoms with Gasteiger partial charge in [-0.1, -0.05) is 32.0 Å². The lowest BCUT2D eigenvalue weighted by atomic mass is 9.93. The predicted octanol–water partition coefficient (Wildman–Crippen LogP) is 1.98. The second kappa shape index (κ2) is 5.67. The number of nitrogens with one attached hydrogen (secondary N) is 2. The molecule has 2 aromatic heterocycles. The Morgan fingerprint density at radius 2 is 2.00 bits per heavy atom. The van der Waals surface area contributed by atoms with Crippen LogP contribution in [0.4, 0.5) is 5.82 Å². The number of benzene rings is 1. The summed E-state index contributed by atoms with van der Waals surface area (Å²) in [6.07, 6.45) is 0. The van der Waals surface area contributed by atoms with Crippen LogP contribution < -0.4 is 16.8 Å². The van der Waals surface area contributed by atoms with Crippen LogP contribution in [-0.4, -0.2) is 27.0 Å². The Morgan fingerprint density at radius 1 is 1.29 bits per heavy atom. The van der Waals surface area contributed by atoms with Crippen LogP contribution in [0.2, 0.25) is 0 Å². The normalized spacial score (nSPS) is 12.0. The van der Waals surface area contributed by atoms with Gasteiger partial charge in [0.1, 0.15) is 11.3 Å². The van der Waals surface area contributed by atoms with E-state index >= 15 is 0 Å². The highest BCUT2D eigenvalue weighted by molar-refractivity contribution is 6.06. The molecule has 0 fully saturated rings. The molecular weight excluding hydrogens is 302 g/mol. The zero-order chi connectivity index (χ0) is 17.5. The smallest absolute Gasteiger partial charge is 0.185 e. The van der Waals surface area contributed by atoms with E-state index in [1.807, 2.05) is 31.2 Å². The van der Waals surface area contributed by atoms with Crippen molar-refractivity contribution in [2.45, 2.75) is 27.3 Å². The summed E-state index contributed by atoms with van der Waals surface area (Å²) in [6.45, 7) is 7.55. The molecule has 0 atom stereocenters. The summed E-state index contributed by atoms with van der Waals surface area (Å²) in [5.74, 6) is 1.32. The molecule has 6 N–H and O–H groups in total. The lowest BCUT2D eigenvalue weighted by Crippen LogP contribution is -2.39. The van der Waals surface area contributed by atoms with Gasteiger partial charge in [-0.05, 0) is 13.0 Å². The number of anilines is 1. The van der Waals surface area contributed by atoms with Gasteiger partial charge in [0.15, 0.2) is 11.8 Å². The maximum Gasteiger partial charge on any atom is 0.185 e. The molecule has 7 nitrogen and oxygen atoms in total. The standard InChI is InChI=1S/C17H23N7/c1-10-22-13-14(11-6-4-5-7-12(11)23-15(13)18)24(10)9-17(2,3)8-21-16(19)20/h4-7H,8-9H2,1-3H3,(H2,18,23)(H4,19,20,21). The van der Waals surface area contributed by atoms with Crippen molar-refractivity contribution in [3.63, 3.8) is 0 Å². The van der Waals surface area contributed by atoms with E-state index in [9.17, 15) is 0 Å². The number of fused-ring (bicyclic) bond motifs is 3. The van der Waals surface area contributed by atoms with Gasteiger partial charge in [0.05, 0.1) is 11.0 Å². The van der Waals surface area contributed by atoms with E-state index in [0.717, 1.165) is 34.3 Å². The average Bonchev–Trinajstić information content (AvgIpc) is 2.83. The summed E-state index contributed by atoms with van der Waals surface area (Å²) in [7, 11) is 0. The number of nitrogens with zero attached hydrogens (tertiary/aromatic N) is 3. The minimum atomic E-state index is -0.122. The van der Waals surface area contributed by atoms with Crippen molar-refractivity contribution < 1.29 is 0 Å². The highest BCUT2D eigenvalue weighted by Crippen LogP contribution is 2.30. The van der Waals surface area contributed by atoms with Gasteiger partial charge in [-0.3, -0.25) is 5.41 Å². The highest BCUT2D eigenvalue weighted by atomic mass is 15.1. The van der Waals surface area contributed by atoms with Crippen LogP contribution in [0.5, 0.6) is 0 Å². The van der Waals surface area contributed by atoms with Crippen molar-refractivity contribution in [2.24, 2.45) is 11.1 Å². The maximum absolute atomic E-state index is 7.36. The first-order valence-electron chi connectivity index (χ1n) is 7.87. The first-order chi connectivity index (χ1) is 11.3. The molecule has 126 valence electrons. The SMILES string of the molecule is Cc1nc2c(N)nc3ccccc3c2n1CC(C)(C)CNC(=N)N. The number of imidazole rings is 1. The monoisotopic (exact) mass is 325 g/mol. The topological polar surface area (TPSA) is 119 Å². The number of pyridine rings is 1. The van der Waals surface area contributed by atoms with Gasteiger partial charge < -0.3 is 21.4 Å². The van der Waals surface area contributed by atoms with Crippen molar-refractivity contribution in [1.82, 2.24) is 19.9 Å². The van der Waals surface area contributed by atoms with E-state index in [4.69, 9.17) is 16.9 Å². The molecule has 24 heavy (non-hydrogen) atoms. The molecule has 0 radical (unpaired) electrons. The fourth-order valence-electron chi connectivity index (χ4n) is 2.98. The summed E-state index contributed by atoms with van der Waals surface area (Å²) in [4.78, 5) is 9.09. The summed E-state index contributed by atoms with van der Waals surface area (Å²) < 4.78 is 2.18. The van der Waals surface area contributed by atoms with Crippen molar-refractivity contribution in [3.8, 4) is 0 Å². The minimum absolute atomic E-state index is 0.0193. The first kappa shape index (κ1) is 16.0. The molecule has 0 aliphatic heterocycles. The highest BCUT2D eigenvalue weighted by Gasteiger charge is 2.23. The Bertz CT molecular complexity index is 923. The molecule has 7 heteroatoms. The summed E-state index contributed by atoms with van der Waals surface area (Å²) >= 11 is 0. The second-order valence-electron chi connectivity index (χ2n) is 6.89. The molecule has 0 bridgehead atoms. The van der Waals surface area contributed by atoms with Crippen molar-refractivity contribution in [1.29, 1.82) is 5.41 Å². The fourth-order valence-corrected chi connectivity index (χ4v) is 2.98. The Labute approximate surface area is 140 Å². The van der Waals surface area contributed by atoms with Crippen molar-refractivity contribution >= 4 is 33.7 Å². The quantitative estimate of drug-likeness (QED) is 0.432. The number of guanidine groups is 1. The van der Waals surface area contributed by atoms with Crippen LogP contribution in [0, 0.1) is 17.7 Å². The van der Waals surface area contributed by atoms with Gasteiger partial charge in [0.2, 0.25) is 0 Å². The third-order valence-electron chi connectivity index (χ3n) is 4.14. The number of hydrogen-bond donors (Lipinski definition) is 4. The van der Waals surface area contributed by atoms with Gasteiger partial charge in [-0.15, -0.1) is 0 Å². The Balaban J connectivity index is 2.14. The molecule has 0 saturated heterocycles. The number of nitrogens with two attached hydrogens (primary N) is 2. The number of aryl methyl sites for hydroxylation is 1. The largest absolute Gasteiger partial charge is 0.382 e. The number of para-hydroxylation sites is 1. The summed E-state index contributed by atoms with van der Waals surface area (Å²) in [5, 5.41) is 11.3. The third-order valence-corrected chi connectivity index (χ3v) is 4.14. The Hall–Kier alpha value is -2.83. The van der Waals surface area contributed by atoms with E-state index in [2.05, 4.69) is 33.7 Å². The molecule has 0 unspecified atom stereocenters. The summed E-state index contributed by atoms with van der Waals surface area (Å²) in [6, 6.07) is 7.95. The molecule has 3 aromatic rings. The molecule has 0 spiro atoms. The maximum atomic E-state index is 7.36. The molecule has 1 aromatic carbocycles. The molecule has 0 saturated carbocycles. The lowest BCUT2D eigenvalue weighted by molar-refractivity contribution is 0.306. The third kappa shape index (κ3) is 2.84. The number of aromatic nitrogens is 3. The van der Waals surface area contributed by atoms with Crippen LogP contribution in [0.3, 0.4) is 0 Å². The van der Waals surface area contributed by atoms with Gasteiger partial charge in [0.25, 0.3) is 0 Å². The average molecular weight is 325 g/mol.